The summed E-state index contributed by atoms with van der Waals surface area (Å²) in [7, 11) is 1.71. The van der Waals surface area contributed by atoms with Crippen molar-refractivity contribution in [3.05, 3.63) is 29.8 Å². The van der Waals surface area contributed by atoms with Crippen LogP contribution in [0.15, 0.2) is 24.3 Å². The Hall–Kier alpha value is -1.63. The fourth-order valence-corrected chi connectivity index (χ4v) is 4.36. The minimum absolute atomic E-state index is 0.0838. The van der Waals surface area contributed by atoms with E-state index in [2.05, 4.69) is 11.0 Å². The van der Waals surface area contributed by atoms with E-state index in [1.807, 2.05) is 18.2 Å². The Morgan fingerprint density at radius 1 is 1.28 bits per heavy atom. The highest BCUT2D eigenvalue weighted by molar-refractivity contribution is 5.78. The van der Waals surface area contributed by atoms with Crippen molar-refractivity contribution in [2.45, 2.75) is 13.0 Å². The second kappa shape index (κ2) is 7.32. The molecule has 4 rings (SSSR count). The van der Waals surface area contributed by atoms with E-state index in [-0.39, 0.29) is 11.8 Å². The standard InChI is InChI=1S/C19H26N2O4/c1-23-18-6-3-2-5-14(18)9-20-10-15-12-24-13-17(16(15)11-20)19(22)21-7-4-8-25-21/h2-3,5-6,15-17H,4,7-13H2,1H3/t15-,16-,17+/m0/s1. The molecule has 3 fully saturated rings. The molecule has 3 aliphatic heterocycles. The van der Waals surface area contributed by atoms with Crippen LogP contribution in [0.2, 0.25) is 0 Å². The summed E-state index contributed by atoms with van der Waals surface area (Å²) in [6.07, 6.45) is 0.924. The third-order valence-corrected chi connectivity index (χ3v) is 5.62. The molecule has 0 N–H and O–H groups in total. The molecule has 6 heteroatoms. The lowest BCUT2D eigenvalue weighted by molar-refractivity contribution is -0.181. The summed E-state index contributed by atoms with van der Waals surface area (Å²) in [4.78, 5) is 20.7. The minimum Gasteiger partial charge on any atom is -0.496 e. The van der Waals surface area contributed by atoms with Gasteiger partial charge < -0.3 is 9.47 Å². The lowest BCUT2D eigenvalue weighted by atomic mass is 9.82. The van der Waals surface area contributed by atoms with Gasteiger partial charge in [-0.2, -0.15) is 0 Å². The molecule has 0 unspecified atom stereocenters. The summed E-state index contributed by atoms with van der Waals surface area (Å²) in [5.74, 6) is 1.71. The van der Waals surface area contributed by atoms with Gasteiger partial charge in [0.25, 0.3) is 5.91 Å². The van der Waals surface area contributed by atoms with Crippen molar-refractivity contribution >= 4 is 5.91 Å². The molecule has 136 valence electrons. The monoisotopic (exact) mass is 346 g/mol. The number of benzene rings is 1. The average Bonchev–Trinajstić information content (AvgIpc) is 3.30. The van der Waals surface area contributed by atoms with Crippen molar-refractivity contribution in [2.24, 2.45) is 17.8 Å². The lowest BCUT2D eigenvalue weighted by Gasteiger charge is -2.33. The number of para-hydroxylation sites is 1. The van der Waals surface area contributed by atoms with Crippen LogP contribution in [0.1, 0.15) is 12.0 Å². The van der Waals surface area contributed by atoms with Crippen LogP contribution < -0.4 is 4.74 Å². The Bertz CT molecular complexity index is 617. The van der Waals surface area contributed by atoms with E-state index in [1.165, 1.54) is 5.56 Å². The number of hydroxylamine groups is 2. The van der Waals surface area contributed by atoms with E-state index in [0.717, 1.165) is 38.4 Å². The van der Waals surface area contributed by atoms with Gasteiger partial charge in [0.2, 0.25) is 0 Å². The maximum Gasteiger partial charge on any atom is 0.251 e. The Morgan fingerprint density at radius 2 is 2.16 bits per heavy atom. The van der Waals surface area contributed by atoms with E-state index >= 15 is 0 Å². The third kappa shape index (κ3) is 3.38. The molecule has 0 spiro atoms. The van der Waals surface area contributed by atoms with Crippen LogP contribution >= 0.6 is 0 Å². The van der Waals surface area contributed by atoms with Crippen LogP contribution in [0.25, 0.3) is 0 Å². The van der Waals surface area contributed by atoms with Gasteiger partial charge in [-0.05, 0) is 24.3 Å². The van der Waals surface area contributed by atoms with Crippen molar-refractivity contribution in [1.82, 2.24) is 9.96 Å². The van der Waals surface area contributed by atoms with Crippen molar-refractivity contribution in [1.29, 1.82) is 0 Å². The molecule has 6 nitrogen and oxygen atoms in total. The van der Waals surface area contributed by atoms with Crippen LogP contribution in [0.5, 0.6) is 5.75 Å². The number of hydrogen-bond acceptors (Lipinski definition) is 5. The van der Waals surface area contributed by atoms with Gasteiger partial charge in [-0.1, -0.05) is 18.2 Å². The molecule has 0 radical (unpaired) electrons. The molecule has 3 saturated heterocycles. The largest absolute Gasteiger partial charge is 0.496 e. The number of nitrogens with zero attached hydrogens (tertiary/aromatic N) is 2. The van der Waals surface area contributed by atoms with Crippen LogP contribution in [-0.2, 0) is 20.9 Å². The number of fused-ring (bicyclic) bond motifs is 1. The number of carbonyl (C=O) groups excluding carboxylic acids is 1. The average molecular weight is 346 g/mol. The fraction of sp³-hybridized carbons (Fsp3) is 0.632. The van der Waals surface area contributed by atoms with Gasteiger partial charge in [0.15, 0.2) is 0 Å². The zero-order chi connectivity index (χ0) is 17.2. The molecule has 3 atom stereocenters. The van der Waals surface area contributed by atoms with Gasteiger partial charge in [-0.25, -0.2) is 5.06 Å². The maximum absolute atomic E-state index is 12.8. The SMILES string of the molecule is COc1ccccc1CN1C[C@H]2COC[C@@H](C(=O)N3CCCO3)[C@H]2C1. The van der Waals surface area contributed by atoms with Gasteiger partial charge in [0, 0.05) is 25.2 Å². The van der Waals surface area contributed by atoms with E-state index in [0.29, 0.717) is 31.6 Å². The number of methoxy groups -OCH3 is 1. The number of rotatable bonds is 4. The smallest absolute Gasteiger partial charge is 0.251 e. The first-order chi connectivity index (χ1) is 12.3. The number of hydrogen-bond donors (Lipinski definition) is 0. The number of ether oxygens (including phenoxy) is 2. The van der Waals surface area contributed by atoms with Gasteiger partial charge in [0.1, 0.15) is 5.75 Å². The second-order valence-corrected chi connectivity index (χ2v) is 7.20. The maximum atomic E-state index is 12.8. The van der Waals surface area contributed by atoms with E-state index in [4.69, 9.17) is 14.3 Å². The first-order valence-corrected chi connectivity index (χ1v) is 9.12. The number of amides is 1. The lowest BCUT2D eigenvalue weighted by Crippen LogP contribution is -2.45. The highest BCUT2D eigenvalue weighted by atomic mass is 16.7. The molecule has 1 aromatic carbocycles. The Balaban J connectivity index is 1.44. The molecule has 0 bridgehead atoms. The normalized spacial score (nSPS) is 29.6. The Labute approximate surface area is 148 Å². The summed E-state index contributed by atoms with van der Waals surface area (Å²) >= 11 is 0. The number of likely N-dealkylation sites (tertiary alicyclic amines) is 1. The number of carbonyl (C=O) groups is 1. The summed E-state index contributed by atoms with van der Waals surface area (Å²) in [5, 5.41) is 1.55. The van der Waals surface area contributed by atoms with Crippen molar-refractivity contribution in [3.63, 3.8) is 0 Å². The molecule has 1 amide bonds. The molecule has 25 heavy (non-hydrogen) atoms. The van der Waals surface area contributed by atoms with Crippen molar-refractivity contribution < 1.29 is 19.1 Å². The molecule has 0 saturated carbocycles. The molecular weight excluding hydrogens is 320 g/mol. The molecule has 3 aliphatic rings. The summed E-state index contributed by atoms with van der Waals surface area (Å²) in [5.41, 5.74) is 1.19. The Kier molecular flexibility index (Phi) is 4.92. The van der Waals surface area contributed by atoms with E-state index < -0.39 is 0 Å². The van der Waals surface area contributed by atoms with Crippen LogP contribution in [-0.4, -0.2) is 62.4 Å². The van der Waals surface area contributed by atoms with Crippen molar-refractivity contribution in [3.8, 4) is 5.75 Å². The van der Waals surface area contributed by atoms with Crippen LogP contribution in [0, 0.1) is 17.8 Å². The van der Waals surface area contributed by atoms with Gasteiger partial charge in [-0.15, -0.1) is 0 Å². The molecule has 1 aromatic rings. The van der Waals surface area contributed by atoms with Crippen LogP contribution in [0.3, 0.4) is 0 Å². The van der Waals surface area contributed by atoms with Gasteiger partial charge >= 0.3 is 0 Å². The molecule has 0 aromatic heterocycles. The Morgan fingerprint density at radius 3 is 2.96 bits per heavy atom. The third-order valence-electron chi connectivity index (χ3n) is 5.62. The predicted octanol–water partition coefficient (Wildman–Crippen LogP) is 1.55. The summed E-state index contributed by atoms with van der Waals surface area (Å²) < 4.78 is 11.2. The molecular formula is C19H26N2O4. The van der Waals surface area contributed by atoms with Gasteiger partial charge in [-0.3, -0.25) is 14.5 Å². The van der Waals surface area contributed by atoms with E-state index in [9.17, 15) is 4.79 Å². The second-order valence-electron chi connectivity index (χ2n) is 7.20. The first kappa shape index (κ1) is 16.8. The van der Waals surface area contributed by atoms with Crippen LogP contribution in [0.4, 0.5) is 0 Å². The first-order valence-electron chi connectivity index (χ1n) is 9.12. The summed E-state index contributed by atoms with van der Waals surface area (Å²) in [6.45, 7) is 5.35. The highest BCUT2D eigenvalue weighted by Crippen LogP contribution is 2.36. The van der Waals surface area contributed by atoms with Gasteiger partial charge in [0.05, 0.1) is 39.4 Å². The van der Waals surface area contributed by atoms with Crippen molar-refractivity contribution in [2.75, 3.05) is 46.6 Å². The zero-order valence-electron chi connectivity index (χ0n) is 14.7. The highest BCUT2D eigenvalue weighted by Gasteiger charge is 2.45. The molecule has 0 aliphatic carbocycles. The van der Waals surface area contributed by atoms with E-state index in [1.54, 1.807) is 12.2 Å². The topological polar surface area (TPSA) is 51.2 Å². The fourth-order valence-electron chi connectivity index (χ4n) is 4.36. The summed E-state index contributed by atoms with van der Waals surface area (Å²) in [6, 6.07) is 8.14. The zero-order valence-corrected chi connectivity index (χ0v) is 14.7. The minimum atomic E-state index is -0.0838. The molecule has 3 heterocycles. The predicted molar refractivity (Wildman–Crippen MR) is 91.8 cm³/mol. The quantitative estimate of drug-likeness (QED) is 0.828.